The van der Waals surface area contributed by atoms with Gasteiger partial charge in [0, 0.05) is 6.07 Å². The smallest absolute Gasteiger partial charge is 0.338 e. The summed E-state index contributed by atoms with van der Waals surface area (Å²) in [5, 5.41) is 0. The third-order valence-corrected chi connectivity index (χ3v) is 1.68. The summed E-state index contributed by atoms with van der Waals surface area (Å²) in [6.45, 7) is 0. The molecule has 0 bridgehead atoms. The Hall–Kier alpha value is -1.16. The number of esters is 1. The minimum absolute atomic E-state index is 0.0573. The molecule has 0 aliphatic carbocycles. The van der Waals surface area contributed by atoms with Crippen molar-refractivity contribution in [2.24, 2.45) is 0 Å². The van der Waals surface area contributed by atoms with E-state index in [0.29, 0.717) is 5.69 Å². The first kappa shape index (κ1) is 9.92. The molecule has 0 aromatic carbocycles. The Morgan fingerprint density at radius 2 is 2.38 bits per heavy atom. The van der Waals surface area contributed by atoms with Gasteiger partial charge in [-0.05, 0) is 6.07 Å². The van der Waals surface area contributed by atoms with Gasteiger partial charge in [-0.15, -0.1) is 11.6 Å². The third-order valence-electron chi connectivity index (χ3n) is 1.41. The van der Waals surface area contributed by atoms with E-state index in [-0.39, 0.29) is 11.4 Å². The summed E-state index contributed by atoms with van der Waals surface area (Å²) in [6, 6.07) is 2.39. The first-order valence-corrected chi connectivity index (χ1v) is 4.01. The van der Waals surface area contributed by atoms with E-state index in [1.54, 1.807) is 0 Å². The lowest BCUT2D eigenvalue weighted by Gasteiger charge is -2.00. The van der Waals surface area contributed by atoms with Crippen LogP contribution in [-0.4, -0.2) is 18.1 Å². The van der Waals surface area contributed by atoms with Crippen LogP contribution in [0.25, 0.3) is 0 Å². The number of carbonyl (C=O) groups is 1. The van der Waals surface area contributed by atoms with E-state index in [1.807, 2.05) is 0 Å². The van der Waals surface area contributed by atoms with Crippen molar-refractivity contribution in [1.82, 2.24) is 4.98 Å². The fourth-order valence-electron chi connectivity index (χ4n) is 0.855. The van der Waals surface area contributed by atoms with Gasteiger partial charge in [0.05, 0.1) is 24.2 Å². The molecule has 0 amide bonds. The number of hydrogen-bond acceptors (Lipinski definition) is 3. The van der Waals surface area contributed by atoms with Gasteiger partial charge < -0.3 is 4.74 Å². The molecule has 0 spiro atoms. The molecule has 0 N–H and O–H groups in total. The summed E-state index contributed by atoms with van der Waals surface area (Å²) in [4.78, 5) is 14.4. The first-order valence-electron chi connectivity index (χ1n) is 3.48. The zero-order valence-electron chi connectivity index (χ0n) is 6.88. The van der Waals surface area contributed by atoms with Gasteiger partial charge in [0.25, 0.3) is 0 Å². The summed E-state index contributed by atoms with van der Waals surface area (Å²) in [7, 11) is 1.22. The Labute approximate surface area is 79.5 Å². The van der Waals surface area contributed by atoms with Crippen molar-refractivity contribution in [3.8, 4) is 0 Å². The number of rotatable bonds is 2. The van der Waals surface area contributed by atoms with E-state index in [9.17, 15) is 9.18 Å². The SMILES string of the molecule is COC(=O)c1cc(F)nc(CCl)c1. The molecule has 0 aliphatic heterocycles. The van der Waals surface area contributed by atoms with Crippen LogP contribution in [0, 0.1) is 5.95 Å². The van der Waals surface area contributed by atoms with E-state index in [0.717, 1.165) is 6.07 Å². The maximum Gasteiger partial charge on any atom is 0.338 e. The quantitative estimate of drug-likeness (QED) is 0.418. The fraction of sp³-hybridized carbons (Fsp3) is 0.250. The highest BCUT2D eigenvalue weighted by Gasteiger charge is 2.09. The molecular weight excluding hydrogens is 197 g/mol. The standard InChI is InChI=1S/C8H7ClFNO2/c1-13-8(12)5-2-6(4-9)11-7(10)3-5/h2-3H,4H2,1H3. The van der Waals surface area contributed by atoms with Gasteiger partial charge in [-0.2, -0.15) is 4.39 Å². The molecule has 0 fully saturated rings. The number of nitrogens with zero attached hydrogens (tertiary/aromatic N) is 1. The molecule has 1 heterocycles. The molecule has 5 heteroatoms. The number of alkyl halides is 1. The molecule has 0 saturated heterocycles. The zero-order valence-corrected chi connectivity index (χ0v) is 7.64. The number of hydrogen-bond donors (Lipinski definition) is 0. The second kappa shape index (κ2) is 4.18. The minimum atomic E-state index is -0.737. The van der Waals surface area contributed by atoms with Crippen LogP contribution in [0.2, 0.25) is 0 Å². The molecule has 1 rings (SSSR count). The zero-order chi connectivity index (χ0) is 9.84. The second-order valence-corrected chi connectivity index (χ2v) is 2.56. The largest absolute Gasteiger partial charge is 0.465 e. The van der Waals surface area contributed by atoms with Gasteiger partial charge in [-0.25, -0.2) is 9.78 Å². The lowest BCUT2D eigenvalue weighted by Crippen LogP contribution is -2.04. The maximum atomic E-state index is 12.7. The van der Waals surface area contributed by atoms with Crippen LogP contribution in [0.4, 0.5) is 4.39 Å². The number of aromatic nitrogens is 1. The summed E-state index contributed by atoms with van der Waals surface area (Å²) in [5.74, 6) is -1.28. The maximum absolute atomic E-state index is 12.7. The Morgan fingerprint density at radius 3 is 2.92 bits per heavy atom. The van der Waals surface area contributed by atoms with E-state index in [2.05, 4.69) is 9.72 Å². The Balaban J connectivity index is 3.08. The van der Waals surface area contributed by atoms with Gasteiger partial charge in [-0.3, -0.25) is 0 Å². The van der Waals surface area contributed by atoms with Crippen LogP contribution >= 0.6 is 11.6 Å². The van der Waals surface area contributed by atoms with Gasteiger partial charge in [0.1, 0.15) is 0 Å². The molecule has 0 aliphatic rings. The molecule has 0 atom stereocenters. The van der Waals surface area contributed by atoms with E-state index in [4.69, 9.17) is 11.6 Å². The fourth-order valence-corrected chi connectivity index (χ4v) is 0.992. The topological polar surface area (TPSA) is 39.2 Å². The van der Waals surface area contributed by atoms with E-state index < -0.39 is 11.9 Å². The average Bonchev–Trinajstić information content (AvgIpc) is 2.15. The van der Waals surface area contributed by atoms with E-state index >= 15 is 0 Å². The number of ether oxygens (including phenoxy) is 1. The van der Waals surface area contributed by atoms with Crippen LogP contribution in [-0.2, 0) is 10.6 Å². The normalized spacial score (nSPS) is 9.77. The number of halogens is 2. The summed E-state index contributed by atoms with van der Waals surface area (Å²) in [6.07, 6.45) is 0. The Morgan fingerprint density at radius 1 is 1.69 bits per heavy atom. The van der Waals surface area contributed by atoms with Crippen molar-refractivity contribution < 1.29 is 13.9 Å². The van der Waals surface area contributed by atoms with Gasteiger partial charge >= 0.3 is 5.97 Å². The van der Waals surface area contributed by atoms with Crippen molar-refractivity contribution in [3.63, 3.8) is 0 Å². The van der Waals surface area contributed by atoms with Crippen molar-refractivity contribution in [2.45, 2.75) is 5.88 Å². The molecule has 1 aromatic heterocycles. The van der Waals surface area contributed by atoms with Crippen LogP contribution < -0.4 is 0 Å². The lowest BCUT2D eigenvalue weighted by atomic mass is 10.2. The predicted molar refractivity (Wildman–Crippen MR) is 45.1 cm³/mol. The number of methoxy groups -OCH3 is 1. The van der Waals surface area contributed by atoms with Crippen molar-refractivity contribution >= 4 is 17.6 Å². The molecule has 13 heavy (non-hydrogen) atoms. The molecular formula is C8H7ClFNO2. The molecule has 70 valence electrons. The van der Waals surface area contributed by atoms with Crippen molar-refractivity contribution in [2.75, 3.05) is 7.11 Å². The second-order valence-electron chi connectivity index (χ2n) is 2.30. The molecule has 0 unspecified atom stereocenters. The summed E-state index contributed by atoms with van der Waals surface area (Å²) < 4.78 is 17.1. The summed E-state index contributed by atoms with van der Waals surface area (Å²) >= 11 is 5.44. The lowest BCUT2D eigenvalue weighted by molar-refractivity contribution is 0.0600. The van der Waals surface area contributed by atoms with Gasteiger partial charge in [0.15, 0.2) is 0 Å². The number of pyridine rings is 1. The minimum Gasteiger partial charge on any atom is -0.465 e. The van der Waals surface area contributed by atoms with Crippen LogP contribution in [0.5, 0.6) is 0 Å². The predicted octanol–water partition coefficient (Wildman–Crippen LogP) is 1.75. The van der Waals surface area contributed by atoms with Gasteiger partial charge in [-0.1, -0.05) is 0 Å². The highest BCUT2D eigenvalue weighted by atomic mass is 35.5. The third kappa shape index (κ3) is 2.39. The van der Waals surface area contributed by atoms with Crippen LogP contribution in [0.15, 0.2) is 12.1 Å². The van der Waals surface area contributed by atoms with Crippen LogP contribution in [0.1, 0.15) is 16.1 Å². The Kier molecular flexibility index (Phi) is 3.19. The first-order chi connectivity index (χ1) is 6.17. The Bertz CT molecular complexity index is 330. The highest BCUT2D eigenvalue weighted by molar-refractivity contribution is 6.16. The highest BCUT2D eigenvalue weighted by Crippen LogP contribution is 2.08. The molecule has 0 radical (unpaired) electrons. The molecule has 0 saturated carbocycles. The molecule has 1 aromatic rings. The van der Waals surface area contributed by atoms with Crippen molar-refractivity contribution in [1.29, 1.82) is 0 Å². The van der Waals surface area contributed by atoms with Gasteiger partial charge in [0.2, 0.25) is 5.95 Å². The van der Waals surface area contributed by atoms with E-state index in [1.165, 1.54) is 13.2 Å². The average molecular weight is 204 g/mol. The number of carbonyl (C=O) groups excluding carboxylic acids is 1. The molecule has 3 nitrogen and oxygen atoms in total. The van der Waals surface area contributed by atoms with Crippen molar-refractivity contribution in [3.05, 3.63) is 29.3 Å². The summed E-state index contributed by atoms with van der Waals surface area (Å²) in [5.41, 5.74) is 0.424. The monoisotopic (exact) mass is 203 g/mol. The van der Waals surface area contributed by atoms with Crippen LogP contribution in [0.3, 0.4) is 0 Å².